The Labute approximate surface area is 172 Å². The Morgan fingerprint density at radius 2 is 1.86 bits per heavy atom. The van der Waals surface area contributed by atoms with E-state index in [-0.39, 0.29) is 24.0 Å². The second kappa shape index (κ2) is 8.53. The van der Waals surface area contributed by atoms with E-state index in [0.717, 1.165) is 6.42 Å². The molecule has 0 saturated carbocycles. The van der Waals surface area contributed by atoms with E-state index in [1.807, 2.05) is 20.8 Å². The van der Waals surface area contributed by atoms with Crippen molar-refractivity contribution in [2.45, 2.75) is 102 Å². The second-order valence-electron chi connectivity index (χ2n) is 9.56. The Morgan fingerprint density at radius 3 is 2.52 bits per heavy atom. The van der Waals surface area contributed by atoms with Gasteiger partial charge in [0.2, 0.25) is 0 Å². The first-order chi connectivity index (χ1) is 13.6. The lowest BCUT2D eigenvalue weighted by molar-refractivity contribution is -0.159. The molecular formula is C22H36O7. The lowest BCUT2D eigenvalue weighted by atomic mass is 9.82. The van der Waals surface area contributed by atoms with Crippen molar-refractivity contribution < 1.29 is 34.7 Å². The highest BCUT2D eigenvalue weighted by Gasteiger charge is 2.49. The predicted molar refractivity (Wildman–Crippen MR) is 106 cm³/mol. The standard InChI is InChI=1S/C22H36O7/c1-5-6-13-16-9-15(23)12(3)17(24)19(26)20-11(2)10-22(4,29-20)8-7-14(18(13)25)21(27)28-16/h11-13,15-17,19-20,23-26H,5-10H2,1-4H3/t11-,12+,13+,15+,16+,17-,19+,20+,22-/m0/s1. The molecular weight excluding hydrogens is 376 g/mol. The van der Waals surface area contributed by atoms with Crippen LogP contribution in [0.15, 0.2) is 11.3 Å². The average Bonchev–Trinajstić information content (AvgIpc) is 2.96. The number of aliphatic hydroxyl groups excluding tert-OH is 4. The van der Waals surface area contributed by atoms with Gasteiger partial charge in [0.25, 0.3) is 0 Å². The number of rotatable bonds is 2. The summed E-state index contributed by atoms with van der Waals surface area (Å²) in [7, 11) is 0. The number of carbonyl (C=O) groups excluding carboxylic acids is 1. The molecule has 0 unspecified atom stereocenters. The number of ether oxygens (including phenoxy) is 2. The van der Waals surface area contributed by atoms with Crippen molar-refractivity contribution >= 4 is 5.97 Å². The van der Waals surface area contributed by atoms with Gasteiger partial charge in [-0.1, -0.05) is 27.2 Å². The van der Waals surface area contributed by atoms with Crippen molar-refractivity contribution in [1.82, 2.24) is 0 Å². The van der Waals surface area contributed by atoms with Crippen LogP contribution in [0.1, 0.15) is 66.2 Å². The lowest BCUT2D eigenvalue weighted by Gasteiger charge is -2.38. The van der Waals surface area contributed by atoms with E-state index in [2.05, 4.69) is 0 Å². The molecule has 0 aromatic carbocycles. The highest BCUT2D eigenvalue weighted by molar-refractivity contribution is 5.90. The topological polar surface area (TPSA) is 116 Å². The molecule has 4 aliphatic heterocycles. The molecule has 0 aromatic rings. The molecule has 4 heterocycles. The average molecular weight is 413 g/mol. The summed E-state index contributed by atoms with van der Waals surface area (Å²) in [6.07, 6.45) is -1.47. The molecule has 4 rings (SSSR count). The highest BCUT2D eigenvalue weighted by atomic mass is 16.5. The number of hydrogen-bond donors (Lipinski definition) is 4. The molecule has 0 radical (unpaired) electrons. The third-order valence-corrected chi connectivity index (χ3v) is 7.16. The lowest BCUT2D eigenvalue weighted by Crippen LogP contribution is -2.48. The van der Waals surface area contributed by atoms with Crippen molar-refractivity contribution in [1.29, 1.82) is 0 Å². The summed E-state index contributed by atoms with van der Waals surface area (Å²) in [5, 5.41) is 43.1. The number of fused-ring (bicyclic) bond motifs is 7. The van der Waals surface area contributed by atoms with Gasteiger partial charge in [0.05, 0.1) is 35.4 Å². The van der Waals surface area contributed by atoms with Crippen LogP contribution in [0.3, 0.4) is 0 Å². The Morgan fingerprint density at radius 1 is 1.17 bits per heavy atom. The molecule has 2 fully saturated rings. The molecule has 0 aliphatic carbocycles. The minimum atomic E-state index is -1.17. The zero-order valence-electron chi connectivity index (χ0n) is 17.9. The van der Waals surface area contributed by atoms with Crippen molar-refractivity contribution in [3.05, 3.63) is 11.3 Å². The molecule has 9 atom stereocenters. The van der Waals surface area contributed by atoms with Crippen molar-refractivity contribution in [3.63, 3.8) is 0 Å². The first-order valence-electron chi connectivity index (χ1n) is 10.9. The summed E-state index contributed by atoms with van der Waals surface area (Å²) in [6.45, 7) is 7.57. The molecule has 4 aliphatic rings. The third-order valence-electron chi connectivity index (χ3n) is 7.16. The van der Waals surface area contributed by atoms with Crippen molar-refractivity contribution in [2.24, 2.45) is 17.8 Å². The normalized spacial score (nSPS) is 46.5. The molecule has 29 heavy (non-hydrogen) atoms. The maximum absolute atomic E-state index is 12.6. The van der Waals surface area contributed by atoms with Gasteiger partial charge < -0.3 is 29.9 Å². The number of esters is 1. The maximum atomic E-state index is 12.6. The van der Waals surface area contributed by atoms with Crippen LogP contribution in [0.2, 0.25) is 0 Å². The summed E-state index contributed by atoms with van der Waals surface area (Å²) < 4.78 is 11.8. The highest BCUT2D eigenvalue weighted by Crippen LogP contribution is 2.43. The Balaban J connectivity index is 1.99. The monoisotopic (exact) mass is 412 g/mol. The zero-order valence-corrected chi connectivity index (χ0v) is 17.9. The van der Waals surface area contributed by atoms with Gasteiger partial charge in [-0.05, 0) is 38.5 Å². The van der Waals surface area contributed by atoms with E-state index in [1.165, 1.54) is 0 Å². The predicted octanol–water partition coefficient (Wildman–Crippen LogP) is 2.23. The van der Waals surface area contributed by atoms with Gasteiger partial charge >= 0.3 is 5.97 Å². The summed E-state index contributed by atoms with van der Waals surface area (Å²) in [6, 6.07) is 0. The molecule has 0 amide bonds. The van der Waals surface area contributed by atoms with E-state index in [9.17, 15) is 25.2 Å². The molecule has 7 heteroatoms. The van der Waals surface area contributed by atoms with E-state index in [0.29, 0.717) is 31.3 Å². The SMILES string of the molecule is CCC[C@H]1C(O)=C2CC[C@@]3(C)C[C@H](C)[C@@H](O3)[C@H](O)[C@@H](O)[C@H](C)[C@H](O)C[C@H]1OC2=O. The second-order valence-corrected chi connectivity index (χ2v) is 9.56. The van der Waals surface area contributed by atoms with Crippen molar-refractivity contribution in [3.8, 4) is 0 Å². The van der Waals surface area contributed by atoms with Gasteiger partial charge in [0, 0.05) is 12.3 Å². The van der Waals surface area contributed by atoms with Crippen LogP contribution in [0.25, 0.3) is 0 Å². The van der Waals surface area contributed by atoms with E-state index >= 15 is 0 Å². The van der Waals surface area contributed by atoms with Gasteiger partial charge in [-0.3, -0.25) is 0 Å². The number of carbonyl (C=O) groups is 1. The van der Waals surface area contributed by atoms with Gasteiger partial charge in [-0.25, -0.2) is 4.79 Å². The van der Waals surface area contributed by atoms with Gasteiger partial charge in [0.15, 0.2) is 0 Å². The summed E-state index contributed by atoms with van der Waals surface area (Å²) in [4.78, 5) is 12.6. The Hall–Kier alpha value is -1.15. The van der Waals surface area contributed by atoms with Crippen LogP contribution in [0.5, 0.6) is 0 Å². The van der Waals surface area contributed by atoms with Crippen LogP contribution < -0.4 is 0 Å². The van der Waals surface area contributed by atoms with Crippen LogP contribution in [0, 0.1) is 17.8 Å². The fourth-order valence-electron chi connectivity index (χ4n) is 5.30. The first kappa shape index (κ1) is 22.5. The molecule has 4 N–H and O–H groups in total. The molecule has 7 nitrogen and oxygen atoms in total. The van der Waals surface area contributed by atoms with Crippen LogP contribution in [-0.2, 0) is 14.3 Å². The third kappa shape index (κ3) is 4.33. The fourth-order valence-corrected chi connectivity index (χ4v) is 5.30. The molecule has 4 bridgehead atoms. The summed E-state index contributed by atoms with van der Waals surface area (Å²) in [5.41, 5.74) is -0.290. The minimum Gasteiger partial charge on any atom is -0.511 e. The molecule has 166 valence electrons. The van der Waals surface area contributed by atoms with E-state index in [4.69, 9.17) is 9.47 Å². The Kier molecular flexibility index (Phi) is 6.63. The van der Waals surface area contributed by atoms with E-state index < -0.39 is 48.0 Å². The molecule has 0 spiro atoms. The molecule has 2 saturated heterocycles. The maximum Gasteiger partial charge on any atom is 0.337 e. The fraction of sp³-hybridized carbons (Fsp3) is 0.864. The quantitative estimate of drug-likeness (QED) is 0.514. The zero-order chi connectivity index (χ0) is 21.5. The Bertz CT molecular complexity index is 647. The number of hydrogen-bond acceptors (Lipinski definition) is 7. The summed E-state index contributed by atoms with van der Waals surface area (Å²) in [5.74, 6) is -1.48. The van der Waals surface area contributed by atoms with Crippen molar-refractivity contribution in [2.75, 3.05) is 0 Å². The van der Waals surface area contributed by atoms with Gasteiger partial charge in [0.1, 0.15) is 18.0 Å². The van der Waals surface area contributed by atoms with Crippen LogP contribution >= 0.6 is 0 Å². The van der Waals surface area contributed by atoms with E-state index in [1.54, 1.807) is 6.92 Å². The largest absolute Gasteiger partial charge is 0.511 e. The molecule has 0 aromatic heterocycles. The van der Waals surface area contributed by atoms with Crippen LogP contribution in [0.4, 0.5) is 0 Å². The van der Waals surface area contributed by atoms with Gasteiger partial charge in [-0.15, -0.1) is 0 Å². The number of aliphatic hydroxyl groups is 4. The summed E-state index contributed by atoms with van der Waals surface area (Å²) >= 11 is 0. The van der Waals surface area contributed by atoms with Crippen LogP contribution in [-0.4, -0.2) is 62.5 Å². The smallest absolute Gasteiger partial charge is 0.337 e. The van der Waals surface area contributed by atoms with Gasteiger partial charge in [-0.2, -0.15) is 0 Å². The first-order valence-corrected chi connectivity index (χ1v) is 10.9. The minimum absolute atomic E-state index is 0.0119.